The predicted octanol–water partition coefficient (Wildman–Crippen LogP) is 3.18. The summed E-state index contributed by atoms with van der Waals surface area (Å²) in [4.78, 5) is 14.5. The molecule has 0 atom stereocenters. The summed E-state index contributed by atoms with van der Waals surface area (Å²) in [5.41, 5.74) is 3.18. The number of carbonyl (C=O) groups is 1. The normalized spacial score (nSPS) is 15.1. The lowest BCUT2D eigenvalue weighted by atomic mass is 10.1. The van der Waals surface area contributed by atoms with Gasteiger partial charge in [0.05, 0.1) is 37.1 Å². The fourth-order valence-electron chi connectivity index (χ4n) is 3.34. The Morgan fingerprint density at radius 1 is 1.19 bits per heavy atom. The highest BCUT2D eigenvalue weighted by Gasteiger charge is 2.30. The van der Waals surface area contributed by atoms with E-state index in [1.807, 2.05) is 46.9 Å². The second-order valence-electron chi connectivity index (χ2n) is 7.01. The zero-order valence-corrected chi connectivity index (χ0v) is 19.5. The van der Waals surface area contributed by atoms with Crippen molar-refractivity contribution in [1.82, 2.24) is 29.8 Å². The van der Waals surface area contributed by atoms with E-state index in [-0.39, 0.29) is 5.91 Å². The molecule has 4 rings (SSSR count). The number of halogens is 1. The number of amides is 1. The first kappa shape index (κ1) is 21.3. The summed E-state index contributed by atoms with van der Waals surface area (Å²) in [6.45, 7) is 3.71. The van der Waals surface area contributed by atoms with Crippen molar-refractivity contribution in [2.75, 3.05) is 7.11 Å². The molecule has 10 heteroatoms. The van der Waals surface area contributed by atoms with Crippen LogP contribution < -0.4 is 10.1 Å². The molecule has 8 nitrogen and oxygen atoms in total. The monoisotopic (exact) mass is 500 g/mol. The van der Waals surface area contributed by atoms with Crippen LogP contribution in [0.3, 0.4) is 0 Å². The van der Waals surface area contributed by atoms with Crippen LogP contribution in [-0.2, 0) is 24.4 Å². The molecule has 1 aliphatic rings. The largest absolute Gasteiger partial charge is 0.496 e. The summed E-state index contributed by atoms with van der Waals surface area (Å²) in [7, 11) is 1.63. The van der Waals surface area contributed by atoms with Gasteiger partial charge in [0.25, 0.3) is 5.91 Å². The first-order valence-electron chi connectivity index (χ1n) is 9.67. The summed E-state index contributed by atoms with van der Waals surface area (Å²) in [6.07, 6.45) is 9.10. The number of aryl methyl sites for hydroxylation is 1. The molecule has 0 aliphatic carbocycles. The number of carbonyl (C=O) groups excluding carboxylic acids is 1. The van der Waals surface area contributed by atoms with Gasteiger partial charge in [-0.05, 0) is 58.8 Å². The minimum atomic E-state index is -0.164. The highest BCUT2D eigenvalue weighted by molar-refractivity contribution is 9.10. The van der Waals surface area contributed by atoms with Crippen molar-refractivity contribution >= 4 is 45.2 Å². The summed E-state index contributed by atoms with van der Waals surface area (Å²) in [5, 5.41) is 12.0. The second kappa shape index (κ2) is 9.03. The molecule has 1 aromatic carbocycles. The van der Waals surface area contributed by atoms with Crippen molar-refractivity contribution in [1.29, 1.82) is 0 Å². The topological polar surface area (TPSA) is 77.2 Å². The zero-order chi connectivity index (χ0) is 22.0. The predicted molar refractivity (Wildman–Crippen MR) is 124 cm³/mol. The van der Waals surface area contributed by atoms with Gasteiger partial charge in [0.1, 0.15) is 11.4 Å². The van der Waals surface area contributed by atoms with Gasteiger partial charge in [-0.15, -0.1) is 0 Å². The molecule has 1 aliphatic heterocycles. The van der Waals surface area contributed by atoms with E-state index >= 15 is 0 Å². The Labute approximate surface area is 193 Å². The first-order valence-corrected chi connectivity index (χ1v) is 10.9. The molecule has 1 fully saturated rings. The van der Waals surface area contributed by atoms with E-state index in [2.05, 4.69) is 31.4 Å². The van der Waals surface area contributed by atoms with Crippen molar-refractivity contribution in [2.24, 2.45) is 0 Å². The third-order valence-corrected chi connectivity index (χ3v) is 5.60. The minimum absolute atomic E-state index is 0.164. The molecule has 1 N–H and O–H groups in total. The summed E-state index contributed by atoms with van der Waals surface area (Å²) < 4.78 is 10.0. The average Bonchev–Trinajstić information content (AvgIpc) is 3.45. The minimum Gasteiger partial charge on any atom is -0.496 e. The van der Waals surface area contributed by atoms with Gasteiger partial charge in [0.15, 0.2) is 5.11 Å². The third kappa shape index (κ3) is 4.70. The van der Waals surface area contributed by atoms with Crippen molar-refractivity contribution in [3.63, 3.8) is 0 Å². The van der Waals surface area contributed by atoms with E-state index in [1.165, 1.54) is 0 Å². The first-order chi connectivity index (χ1) is 15.0. The Bertz CT molecular complexity index is 1170. The SMILES string of the molecule is CCn1cc(CN2C(=O)/C(=C\c3ccc(OC)c(Cn4cc(Br)cn4)c3)NC2=S)cn1. The average molecular weight is 501 g/mol. The quantitative estimate of drug-likeness (QED) is 0.396. The van der Waals surface area contributed by atoms with Crippen LogP contribution in [0.25, 0.3) is 6.08 Å². The van der Waals surface area contributed by atoms with Crippen LogP contribution in [0.2, 0.25) is 0 Å². The smallest absolute Gasteiger partial charge is 0.276 e. The molecule has 0 unspecified atom stereocenters. The maximum Gasteiger partial charge on any atom is 0.276 e. The maximum atomic E-state index is 12.9. The van der Waals surface area contributed by atoms with Crippen molar-refractivity contribution in [3.05, 3.63) is 69.8 Å². The fourth-order valence-corrected chi connectivity index (χ4v) is 3.92. The summed E-state index contributed by atoms with van der Waals surface area (Å²) in [5.74, 6) is 0.590. The third-order valence-electron chi connectivity index (χ3n) is 4.86. The van der Waals surface area contributed by atoms with Crippen LogP contribution in [-0.4, -0.2) is 42.6 Å². The molecule has 3 heterocycles. The second-order valence-corrected chi connectivity index (χ2v) is 8.31. The molecule has 0 spiro atoms. The number of methoxy groups -OCH3 is 1. The van der Waals surface area contributed by atoms with Gasteiger partial charge < -0.3 is 10.1 Å². The number of hydrogen-bond acceptors (Lipinski definition) is 5. The van der Waals surface area contributed by atoms with Crippen LogP contribution >= 0.6 is 28.1 Å². The lowest BCUT2D eigenvalue weighted by molar-refractivity contribution is -0.122. The van der Waals surface area contributed by atoms with Gasteiger partial charge in [-0.2, -0.15) is 10.2 Å². The highest BCUT2D eigenvalue weighted by Crippen LogP contribution is 2.24. The molecule has 1 saturated heterocycles. The van der Waals surface area contributed by atoms with Gasteiger partial charge in [0.2, 0.25) is 0 Å². The number of rotatable bonds is 7. The van der Waals surface area contributed by atoms with Crippen molar-refractivity contribution in [2.45, 2.75) is 26.6 Å². The maximum absolute atomic E-state index is 12.9. The molecule has 0 bridgehead atoms. The lowest BCUT2D eigenvalue weighted by Crippen LogP contribution is -2.29. The number of hydrogen-bond donors (Lipinski definition) is 1. The molecule has 1 amide bonds. The van der Waals surface area contributed by atoms with Gasteiger partial charge >= 0.3 is 0 Å². The Morgan fingerprint density at radius 2 is 2.00 bits per heavy atom. The molecule has 160 valence electrons. The molecule has 3 aromatic rings. The molecule has 31 heavy (non-hydrogen) atoms. The fraction of sp³-hybridized carbons (Fsp3) is 0.238. The number of nitrogens with zero attached hydrogens (tertiary/aromatic N) is 5. The lowest BCUT2D eigenvalue weighted by Gasteiger charge is -2.12. The number of thiocarbonyl (C=S) groups is 1. The van der Waals surface area contributed by atoms with E-state index in [9.17, 15) is 4.79 Å². The molecule has 2 aromatic heterocycles. The van der Waals surface area contributed by atoms with Crippen molar-refractivity contribution < 1.29 is 9.53 Å². The summed E-state index contributed by atoms with van der Waals surface area (Å²) in [6, 6.07) is 5.77. The van der Waals surface area contributed by atoms with E-state index in [0.717, 1.165) is 33.5 Å². The van der Waals surface area contributed by atoms with E-state index < -0.39 is 0 Å². The molecule has 0 saturated carbocycles. The Kier molecular flexibility index (Phi) is 6.19. The van der Waals surface area contributed by atoms with Crippen LogP contribution in [0.5, 0.6) is 5.75 Å². The Hall–Kier alpha value is -2.98. The van der Waals surface area contributed by atoms with Crippen molar-refractivity contribution in [3.8, 4) is 5.75 Å². The molecular weight excluding hydrogens is 480 g/mol. The zero-order valence-electron chi connectivity index (χ0n) is 17.1. The number of nitrogens with one attached hydrogen (secondary N) is 1. The van der Waals surface area contributed by atoms with Crippen LogP contribution in [0.4, 0.5) is 0 Å². The van der Waals surface area contributed by atoms with Gasteiger partial charge in [-0.25, -0.2) is 0 Å². The van der Waals surface area contributed by atoms with E-state index in [1.54, 1.807) is 30.5 Å². The highest BCUT2D eigenvalue weighted by atomic mass is 79.9. The van der Waals surface area contributed by atoms with Gasteiger partial charge in [0, 0.05) is 30.1 Å². The standard InChI is InChI=1S/C21H21BrN6O2S/c1-3-26-10-15(8-23-26)11-28-20(29)18(25-21(28)31)7-14-4-5-19(30-2)16(6-14)12-27-13-17(22)9-24-27/h4-10,13H,3,11-12H2,1-2H3,(H,25,31)/b18-7+. The molecule has 0 radical (unpaired) electrons. The van der Waals surface area contributed by atoms with E-state index in [0.29, 0.717) is 23.9 Å². The molecular formula is C21H21BrN6O2S. The van der Waals surface area contributed by atoms with E-state index in [4.69, 9.17) is 17.0 Å². The van der Waals surface area contributed by atoms with Gasteiger partial charge in [-0.1, -0.05) is 6.07 Å². The van der Waals surface area contributed by atoms with Crippen LogP contribution in [0.15, 0.2) is 53.2 Å². The van der Waals surface area contributed by atoms with Crippen LogP contribution in [0, 0.1) is 0 Å². The van der Waals surface area contributed by atoms with Crippen LogP contribution in [0.1, 0.15) is 23.6 Å². The number of benzene rings is 1. The number of aromatic nitrogens is 4. The Morgan fingerprint density at radius 3 is 2.68 bits per heavy atom. The number of ether oxygens (including phenoxy) is 1. The Balaban J connectivity index is 1.55. The van der Waals surface area contributed by atoms with Gasteiger partial charge in [-0.3, -0.25) is 19.1 Å². The summed E-state index contributed by atoms with van der Waals surface area (Å²) >= 11 is 8.80.